The molecule has 0 amide bonds. The summed E-state index contributed by atoms with van der Waals surface area (Å²) in [5.41, 5.74) is 1.94. The first-order valence-electron chi connectivity index (χ1n) is 8.24. The minimum Gasteiger partial charge on any atom is -0.352 e. The predicted molar refractivity (Wildman–Crippen MR) is 95.3 cm³/mol. The van der Waals surface area contributed by atoms with Gasteiger partial charge in [-0.2, -0.15) is 5.10 Å². The number of benzene rings is 1. The fourth-order valence-electron chi connectivity index (χ4n) is 3.23. The number of nitrogens with one attached hydrogen (secondary N) is 1. The third-order valence-electron chi connectivity index (χ3n) is 4.47. The molecular formula is C18H20N6. The van der Waals surface area contributed by atoms with Gasteiger partial charge in [0.1, 0.15) is 0 Å². The normalized spacial score (nSPS) is 17.4. The topological polar surface area (TPSA) is 66.8 Å². The minimum atomic E-state index is 0.314. The molecule has 0 radical (unpaired) electrons. The second kappa shape index (κ2) is 6.03. The number of anilines is 2. The molecular weight excluding hydrogens is 300 g/mol. The summed E-state index contributed by atoms with van der Waals surface area (Å²) >= 11 is 0. The van der Waals surface area contributed by atoms with E-state index < -0.39 is 0 Å². The van der Waals surface area contributed by atoms with Crippen molar-refractivity contribution >= 4 is 22.5 Å². The Labute approximate surface area is 141 Å². The van der Waals surface area contributed by atoms with Crippen molar-refractivity contribution in [1.82, 2.24) is 20.2 Å². The van der Waals surface area contributed by atoms with E-state index in [1.807, 2.05) is 26.0 Å². The van der Waals surface area contributed by atoms with Crippen molar-refractivity contribution in [3.05, 3.63) is 47.9 Å². The van der Waals surface area contributed by atoms with Crippen molar-refractivity contribution in [2.45, 2.75) is 26.3 Å². The molecule has 4 rings (SSSR count). The fourth-order valence-corrected chi connectivity index (χ4v) is 3.23. The predicted octanol–water partition coefficient (Wildman–Crippen LogP) is 2.73. The fraction of sp³-hybridized carbons (Fsp3) is 0.333. The molecule has 3 heterocycles. The lowest BCUT2D eigenvalue weighted by atomic mass is 10.1. The maximum absolute atomic E-state index is 4.46. The standard InChI is InChI=1S/C18H20N6/c1-12-7-9-19-18(20-12)21-14-8-10-24(11-14)17-16-6-4-3-5-15(16)13(2)22-23-17/h3-7,9,14H,8,10-11H2,1-2H3,(H,19,20,21). The van der Waals surface area contributed by atoms with Gasteiger partial charge in [-0.25, -0.2) is 9.97 Å². The number of fused-ring (bicyclic) bond motifs is 1. The molecule has 1 aliphatic rings. The van der Waals surface area contributed by atoms with Gasteiger partial charge in [-0.05, 0) is 26.3 Å². The first-order chi connectivity index (χ1) is 11.7. The van der Waals surface area contributed by atoms with Crippen LogP contribution in [0.4, 0.5) is 11.8 Å². The van der Waals surface area contributed by atoms with Crippen molar-refractivity contribution in [2.75, 3.05) is 23.3 Å². The van der Waals surface area contributed by atoms with E-state index in [2.05, 4.69) is 48.6 Å². The zero-order chi connectivity index (χ0) is 16.5. The summed E-state index contributed by atoms with van der Waals surface area (Å²) in [4.78, 5) is 11.0. The molecule has 122 valence electrons. The van der Waals surface area contributed by atoms with Crippen molar-refractivity contribution in [3.8, 4) is 0 Å². The van der Waals surface area contributed by atoms with E-state index in [4.69, 9.17) is 0 Å². The van der Waals surface area contributed by atoms with Crippen LogP contribution in [0.1, 0.15) is 17.8 Å². The average molecular weight is 320 g/mol. The van der Waals surface area contributed by atoms with Gasteiger partial charge in [0.15, 0.2) is 5.82 Å². The Morgan fingerprint density at radius 1 is 1.08 bits per heavy atom. The summed E-state index contributed by atoms with van der Waals surface area (Å²) in [6.07, 6.45) is 2.82. The molecule has 3 aromatic rings. The molecule has 1 aliphatic heterocycles. The number of nitrogens with zero attached hydrogens (tertiary/aromatic N) is 5. The molecule has 0 spiro atoms. The zero-order valence-electron chi connectivity index (χ0n) is 13.9. The molecule has 1 unspecified atom stereocenters. The zero-order valence-corrected chi connectivity index (χ0v) is 13.9. The highest BCUT2D eigenvalue weighted by molar-refractivity contribution is 5.93. The molecule has 6 heteroatoms. The van der Waals surface area contributed by atoms with Crippen LogP contribution in [-0.4, -0.2) is 39.3 Å². The van der Waals surface area contributed by atoms with Crippen LogP contribution in [0, 0.1) is 13.8 Å². The Bertz CT molecular complexity index is 878. The first-order valence-corrected chi connectivity index (χ1v) is 8.24. The Hall–Kier alpha value is -2.76. The van der Waals surface area contributed by atoms with Crippen LogP contribution in [0.3, 0.4) is 0 Å². The lowest BCUT2D eigenvalue weighted by Gasteiger charge is -2.19. The van der Waals surface area contributed by atoms with E-state index in [9.17, 15) is 0 Å². The van der Waals surface area contributed by atoms with Crippen LogP contribution in [-0.2, 0) is 0 Å². The van der Waals surface area contributed by atoms with Crippen LogP contribution in [0.25, 0.3) is 10.8 Å². The van der Waals surface area contributed by atoms with Crippen LogP contribution >= 0.6 is 0 Å². The number of aromatic nitrogens is 4. The molecule has 24 heavy (non-hydrogen) atoms. The smallest absolute Gasteiger partial charge is 0.223 e. The molecule has 0 aliphatic carbocycles. The highest BCUT2D eigenvalue weighted by Crippen LogP contribution is 2.28. The van der Waals surface area contributed by atoms with E-state index in [1.165, 1.54) is 5.39 Å². The Morgan fingerprint density at radius 2 is 1.92 bits per heavy atom. The second-order valence-electron chi connectivity index (χ2n) is 6.25. The quantitative estimate of drug-likeness (QED) is 0.800. The number of hydrogen-bond donors (Lipinski definition) is 1. The molecule has 1 atom stereocenters. The lowest BCUT2D eigenvalue weighted by molar-refractivity contribution is 0.789. The lowest BCUT2D eigenvalue weighted by Crippen LogP contribution is -2.27. The molecule has 1 fully saturated rings. The maximum Gasteiger partial charge on any atom is 0.223 e. The number of aryl methyl sites for hydroxylation is 2. The third kappa shape index (κ3) is 2.75. The SMILES string of the molecule is Cc1ccnc(NC2CCN(c3nnc(C)c4ccccc34)C2)n1. The van der Waals surface area contributed by atoms with Crippen molar-refractivity contribution < 1.29 is 0 Å². The van der Waals surface area contributed by atoms with Gasteiger partial charge < -0.3 is 10.2 Å². The van der Waals surface area contributed by atoms with Crippen LogP contribution in [0.5, 0.6) is 0 Å². The summed E-state index contributed by atoms with van der Waals surface area (Å²) in [5.74, 6) is 1.66. The summed E-state index contributed by atoms with van der Waals surface area (Å²) in [5, 5.41) is 14.6. The van der Waals surface area contributed by atoms with Crippen molar-refractivity contribution in [3.63, 3.8) is 0 Å². The maximum atomic E-state index is 4.46. The first kappa shape index (κ1) is 14.8. The summed E-state index contributed by atoms with van der Waals surface area (Å²) in [7, 11) is 0. The molecule has 0 saturated carbocycles. The number of rotatable bonds is 3. The van der Waals surface area contributed by atoms with Gasteiger partial charge in [0, 0.05) is 41.8 Å². The van der Waals surface area contributed by atoms with Gasteiger partial charge in [0.25, 0.3) is 0 Å². The molecule has 1 saturated heterocycles. The van der Waals surface area contributed by atoms with E-state index >= 15 is 0 Å². The molecule has 2 aromatic heterocycles. The van der Waals surface area contributed by atoms with Gasteiger partial charge in [0.05, 0.1) is 5.69 Å². The summed E-state index contributed by atoms with van der Waals surface area (Å²) in [6, 6.07) is 10.5. The van der Waals surface area contributed by atoms with E-state index in [-0.39, 0.29) is 0 Å². The minimum absolute atomic E-state index is 0.314. The summed E-state index contributed by atoms with van der Waals surface area (Å²) in [6.45, 7) is 5.80. The highest BCUT2D eigenvalue weighted by atomic mass is 15.3. The summed E-state index contributed by atoms with van der Waals surface area (Å²) < 4.78 is 0. The molecule has 1 aromatic carbocycles. The molecule has 6 nitrogen and oxygen atoms in total. The van der Waals surface area contributed by atoms with Gasteiger partial charge in [-0.1, -0.05) is 24.3 Å². The van der Waals surface area contributed by atoms with Crippen LogP contribution in [0.2, 0.25) is 0 Å². The van der Waals surface area contributed by atoms with Crippen molar-refractivity contribution in [1.29, 1.82) is 0 Å². The monoisotopic (exact) mass is 320 g/mol. The third-order valence-corrected chi connectivity index (χ3v) is 4.47. The van der Waals surface area contributed by atoms with E-state index in [1.54, 1.807) is 6.20 Å². The number of hydrogen-bond acceptors (Lipinski definition) is 6. The van der Waals surface area contributed by atoms with Gasteiger partial charge >= 0.3 is 0 Å². The van der Waals surface area contributed by atoms with E-state index in [0.717, 1.165) is 42.1 Å². The highest BCUT2D eigenvalue weighted by Gasteiger charge is 2.25. The molecule has 1 N–H and O–H groups in total. The van der Waals surface area contributed by atoms with Gasteiger partial charge in [-0.15, -0.1) is 5.10 Å². The largest absolute Gasteiger partial charge is 0.352 e. The molecule has 0 bridgehead atoms. The van der Waals surface area contributed by atoms with Gasteiger partial charge in [-0.3, -0.25) is 0 Å². The average Bonchev–Trinajstić information content (AvgIpc) is 3.04. The van der Waals surface area contributed by atoms with Crippen molar-refractivity contribution in [2.24, 2.45) is 0 Å². The Balaban J connectivity index is 1.56. The Morgan fingerprint density at radius 3 is 2.75 bits per heavy atom. The van der Waals surface area contributed by atoms with Crippen LogP contribution in [0.15, 0.2) is 36.5 Å². The van der Waals surface area contributed by atoms with E-state index in [0.29, 0.717) is 12.0 Å². The Kier molecular flexibility index (Phi) is 3.72. The second-order valence-corrected chi connectivity index (χ2v) is 6.25. The van der Waals surface area contributed by atoms with Gasteiger partial charge in [0.2, 0.25) is 5.95 Å². The van der Waals surface area contributed by atoms with Crippen LogP contribution < -0.4 is 10.2 Å².